The Bertz CT molecular complexity index is 704. The van der Waals surface area contributed by atoms with Gasteiger partial charge in [-0.2, -0.15) is 0 Å². The van der Waals surface area contributed by atoms with Crippen molar-refractivity contribution in [3.8, 4) is 11.5 Å². The third kappa shape index (κ3) is 9.47. The van der Waals surface area contributed by atoms with E-state index in [4.69, 9.17) is 9.47 Å². The summed E-state index contributed by atoms with van der Waals surface area (Å²) in [6.45, 7) is 5.17. The molecule has 2 aromatic rings. The van der Waals surface area contributed by atoms with Crippen LogP contribution in [-0.4, -0.2) is 12.6 Å². The van der Waals surface area contributed by atoms with Crippen LogP contribution in [0.5, 0.6) is 11.5 Å². The Balaban J connectivity index is 1.69. The lowest BCUT2D eigenvalue weighted by Crippen LogP contribution is -2.08. The van der Waals surface area contributed by atoms with E-state index in [1.165, 1.54) is 63.4 Å². The van der Waals surface area contributed by atoms with Gasteiger partial charge in [-0.05, 0) is 61.2 Å². The van der Waals surface area contributed by atoms with E-state index in [1.807, 2.05) is 36.4 Å². The maximum Gasteiger partial charge on any atom is 0.343 e. The topological polar surface area (TPSA) is 35.5 Å². The summed E-state index contributed by atoms with van der Waals surface area (Å²) in [5, 5.41) is 0. The summed E-state index contributed by atoms with van der Waals surface area (Å²) in [7, 11) is 0. The fourth-order valence-corrected chi connectivity index (χ4v) is 3.41. The van der Waals surface area contributed by atoms with E-state index in [2.05, 4.69) is 13.8 Å². The molecule has 0 N–H and O–H groups in total. The first-order chi connectivity index (χ1) is 14.7. The summed E-state index contributed by atoms with van der Waals surface area (Å²) < 4.78 is 11.3. The van der Waals surface area contributed by atoms with Gasteiger partial charge in [0.05, 0.1) is 12.2 Å². The number of hydrogen-bond donors (Lipinski definition) is 0. The van der Waals surface area contributed by atoms with E-state index < -0.39 is 0 Å². The van der Waals surface area contributed by atoms with Crippen LogP contribution in [-0.2, 0) is 6.42 Å². The summed E-state index contributed by atoms with van der Waals surface area (Å²) in [6.07, 6.45) is 13.6. The van der Waals surface area contributed by atoms with Crippen LogP contribution in [0.2, 0.25) is 0 Å². The predicted octanol–water partition coefficient (Wildman–Crippen LogP) is 7.77. The number of benzene rings is 2. The second-order valence-electron chi connectivity index (χ2n) is 7.98. The molecule has 0 saturated carbocycles. The number of hydrogen-bond acceptors (Lipinski definition) is 3. The summed E-state index contributed by atoms with van der Waals surface area (Å²) in [4.78, 5) is 12.4. The van der Waals surface area contributed by atoms with Crippen molar-refractivity contribution in [2.24, 2.45) is 0 Å². The molecule has 2 rings (SSSR count). The molecule has 0 aliphatic heterocycles. The van der Waals surface area contributed by atoms with E-state index in [9.17, 15) is 4.79 Å². The number of carbonyl (C=O) groups is 1. The lowest BCUT2D eigenvalue weighted by atomic mass is 10.1. The molecule has 0 radical (unpaired) electrons. The van der Waals surface area contributed by atoms with Gasteiger partial charge >= 0.3 is 5.97 Å². The van der Waals surface area contributed by atoms with Gasteiger partial charge in [-0.25, -0.2) is 4.79 Å². The molecule has 0 bridgehead atoms. The quantitative estimate of drug-likeness (QED) is 0.171. The van der Waals surface area contributed by atoms with E-state index in [1.54, 1.807) is 12.1 Å². The van der Waals surface area contributed by atoms with Gasteiger partial charge in [-0.3, -0.25) is 0 Å². The van der Waals surface area contributed by atoms with Crippen LogP contribution in [0.1, 0.15) is 94.0 Å². The Labute approximate surface area is 182 Å². The molecule has 2 aromatic carbocycles. The Hall–Kier alpha value is -2.29. The first kappa shape index (κ1) is 24.0. The zero-order valence-corrected chi connectivity index (χ0v) is 18.8. The summed E-state index contributed by atoms with van der Waals surface area (Å²) in [6, 6.07) is 15.0. The molecule has 30 heavy (non-hydrogen) atoms. The van der Waals surface area contributed by atoms with Gasteiger partial charge in [0.1, 0.15) is 11.5 Å². The van der Waals surface area contributed by atoms with Crippen LogP contribution >= 0.6 is 0 Å². The Kier molecular flexibility index (Phi) is 11.7. The number of aryl methyl sites for hydroxylation is 1. The maximum absolute atomic E-state index is 12.4. The van der Waals surface area contributed by atoms with E-state index in [0.717, 1.165) is 25.2 Å². The smallest absolute Gasteiger partial charge is 0.343 e. The molecule has 0 amide bonds. The van der Waals surface area contributed by atoms with Crippen LogP contribution in [0.25, 0.3) is 0 Å². The van der Waals surface area contributed by atoms with E-state index in [-0.39, 0.29) is 5.97 Å². The highest BCUT2D eigenvalue weighted by molar-refractivity contribution is 5.91. The minimum absolute atomic E-state index is 0.340. The minimum Gasteiger partial charge on any atom is -0.494 e. The number of rotatable bonds is 15. The molecule has 0 aliphatic rings. The predicted molar refractivity (Wildman–Crippen MR) is 125 cm³/mol. The largest absolute Gasteiger partial charge is 0.494 e. The van der Waals surface area contributed by atoms with Crippen molar-refractivity contribution < 1.29 is 14.3 Å². The van der Waals surface area contributed by atoms with Gasteiger partial charge in [0.25, 0.3) is 0 Å². The molecule has 3 nitrogen and oxygen atoms in total. The van der Waals surface area contributed by atoms with Crippen LogP contribution in [0.3, 0.4) is 0 Å². The van der Waals surface area contributed by atoms with Gasteiger partial charge in [-0.15, -0.1) is 0 Å². The number of unbranched alkanes of at least 4 members (excludes halogenated alkanes) is 8. The monoisotopic (exact) mass is 410 g/mol. The Morgan fingerprint density at radius 1 is 0.667 bits per heavy atom. The van der Waals surface area contributed by atoms with Crippen LogP contribution in [0.15, 0.2) is 48.5 Å². The summed E-state index contributed by atoms with van der Waals surface area (Å²) in [5.74, 6) is 1.04. The molecule has 0 unspecified atom stereocenters. The first-order valence-electron chi connectivity index (χ1n) is 11.8. The van der Waals surface area contributed by atoms with E-state index in [0.29, 0.717) is 11.3 Å². The summed E-state index contributed by atoms with van der Waals surface area (Å²) in [5.41, 5.74) is 1.82. The highest BCUT2D eigenvalue weighted by Gasteiger charge is 2.09. The fourth-order valence-electron chi connectivity index (χ4n) is 3.41. The minimum atomic E-state index is -0.340. The van der Waals surface area contributed by atoms with E-state index >= 15 is 0 Å². The zero-order chi connectivity index (χ0) is 21.4. The first-order valence-corrected chi connectivity index (χ1v) is 11.8. The Morgan fingerprint density at radius 3 is 1.90 bits per heavy atom. The van der Waals surface area contributed by atoms with Gasteiger partial charge in [0.2, 0.25) is 0 Å². The fraction of sp³-hybridized carbons (Fsp3) is 0.519. The van der Waals surface area contributed by atoms with Crippen molar-refractivity contribution in [1.29, 1.82) is 0 Å². The SMILES string of the molecule is CCCCCCCCCOc1ccc(C(=O)Oc2ccc(CCCCC)cc2)cc1. The lowest BCUT2D eigenvalue weighted by molar-refractivity contribution is 0.0734. The molecule has 0 spiro atoms. The van der Waals surface area contributed by atoms with Crippen molar-refractivity contribution in [2.75, 3.05) is 6.61 Å². The van der Waals surface area contributed by atoms with Crippen molar-refractivity contribution in [2.45, 2.75) is 84.5 Å². The van der Waals surface area contributed by atoms with Gasteiger partial charge in [0, 0.05) is 0 Å². The summed E-state index contributed by atoms with van der Waals surface area (Å²) >= 11 is 0. The molecular weight excluding hydrogens is 372 g/mol. The van der Waals surface area contributed by atoms with Gasteiger partial charge < -0.3 is 9.47 Å². The molecular formula is C27H38O3. The molecule has 0 heterocycles. The third-order valence-corrected chi connectivity index (χ3v) is 5.31. The highest BCUT2D eigenvalue weighted by atomic mass is 16.5. The second kappa shape index (κ2) is 14.7. The highest BCUT2D eigenvalue weighted by Crippen LogP contribution is 2.18. The van der Waals surface area contributed by atoms with Crippen molar-refractivity contribution in [3.63, 3.8) is 0 Å². The second-order valence-corrected chi connectivity index (χ2v) is 7.98. The molecule has 0 atom stereocenters. The molecule has 164 valence electrons. The van der Waals surface area contributed by atoms with Crippen molar-refractivity contribution in [3.05, 3.63) is 59.7 Å². The van der Waals surface area contributed by atoms with Crippen molar-refractivity contribution >= 4 is 5.97 Å². The molecule has 0 aromatic heterocycles. The Morgan fingerprint density at radius 2 is 1.23 bits per heavy atom. The molecule has 3 heteroatoms. The number of esters is 1. The van der Waals surface area contributed by atoms with Crippen LogP contribution in [0, 0.1) is 0 Å². The molecule has 0 saturated heterocycles. The van der Waals surface area contributed by atoms with Gasteiger partial charge in [-0.1, -0.05) is 77.3 Å². The average molecular weight is 411 g/mol. The lowest BCUT2D eigenvalue weighted by Gasteiger charge is -2.08. The molecule has 0 aliphatic carbocycles. The maximum atomic E-state index is 12.4. The third-order valence-electron chi connectivity index (χ3n) is 5.31. The van der Waals surface area contributed by atoms with Crippen LogP contribution < -0.4 is 9.47 Å². The number of ether oxygens (including phenoxy) is 2. The normalized spacial score (nSPS) is 10.7. The standard InChI is InChI=1S/C27H38O3/c1-3-5-7-8-9-10-12-22-29-25-20-16-24(17-21-25)27(28)30-26-18-14-23(15-19-26)13-11-6-4-2/h14-21H,3-13,22H2,1-2H3. The van der Waals surface area contributed by atoms with Gasteiger partial charge in [0.15, 0.2) is 0 Å². The van der Waals surface area contributed by atoms with Crippen molar-refractivity contribution in [1.82, 2.24) is 0 Å². The van der Waals surface area contributed by atoms with Crippen LogP contribution in [0.4, 0.5) is 0 Å². The average Bonchev–Trinajstić information content (AvgIpc) is 2.77. The number of carbonyl (C=O) groups excluding carboxylic acids is 1. The zero-order valence-electron chi connectivity index (χ0n) is 18.8. The molecule has 0 fully saturated rings.